The Balaban J connectivity index is 2.35. The highest BCUT2D eigenvalue weighted by Gasteiger charge is 2.44. The Morgan fingerprint density at radius 2 is 2.17 bits per heavy atom. The molecule has 0 saturated carbocycles. The normalized spacial score (nSPS) is 28.5. The fraction of sp³-hybridized carbons (Fsp3) is 0.600. The first-order valence-electron chi connectivity index (χ1n) is 7.68. The third-order valence-electron chi connectivity index (χ3n) is 4.02. The zero-order chi connectivity index (χ0) is 17.9. The molecular formula is C15H23N3O6. The van der Waals surface area contributed by atoms with Crippen molar-refractivity contribution in [3.63, 3.8) is 0 Å². The van der Waals surface area contributed by atoms with Crippen molar-refractivity contribution in [2.45, 2.75) is 37.9 Å². The van der Waals surface area contributed by atoms with Crippen molar-refractivity contribution in [1.82, 2.24) is 9.55 Å². The Bertz CT molecular complexity index is 602. The summed E-state index contributed by atoms with van der Waals surface area (Å²) in [4.78, 5) is 15.5. The maximum Gasteiger partial charge on any atom is 0.269 e. The Morgan fingerprint density at radius 1 is 1.46 bits per heavy atom. The summed E-state index contributed by atoms with van der Waals surface area (Å²) in [6, 6.07) is 0. The number of carbonyl (C=O) groups excluding carboxylic acids is 1. The zero-order valence-corrected chi connectivity index (χ0v) is 13.3. The number of hydrogen-bond acceptors (Lipinski definition) is 7. The number of ether oxygens (including phenoxy) is 1. The molecule has 24 heavy (non-hydrogen) atoms. The molecular weight excluding hydrogens is 318 g/mol. The summed E-state index contributed by atoms with van der Waals surface area (Å²) in [6.45, 7) is 1.47. The van der Waals surface area contributed by atoms with Gasteiger partial charge in [0.15, 0.2) is 11.9 Å². The first kappa shape index (κ1) is 18.6. The van der Waals surface area contributed by atoms with E-state index >= 15 is 0 Å². The van der Waals surface area contributed by atoms with Crippen molar-refractivity contribution in [2.24, 2.45) is 11.7 Å². The van der Waals surface area contributed by atoms with Gasteiger partial charge in [0.1, 0.15) is 18.3 Å². The number of imidazole rings is 1. The molecule has 0 aliphatic carbocycles. The Kier molecular flexibility index (Phi) is 6.08. The minimum atomic E-state index is -1.29. The SMILES string of the molecule is CC(/C=C/c1c(C(N)=O)ncn1[C@@H]1O[C@H](CO)[C@@H](O)[C@H]1O)CCO. The van der Waals surface area contributed by atoms with Gasteiger partial charge in [-0.2, -0.15) is 0 Å². The molecule has 1 amide bonds. The molecule has 5 atom stereocenters. The first-order chi connectivity index (χ1) is 11.4. The van der Waals surface area contributed by atoms with Gasteiger partial charge in [0.05, 0.1) is 18.6 Å². The predicted octanol–water partition coefficient (Wildman–Crippen LogP) is -1.37. The van der Waals surface area contributed by atoms with Gasteiger partial charge in [-0.1, -0.05) is 13.0 Å². The van der Waals surface area contributed by atoms with Gasteiger partial charge in [-0.3, -0.25) is 4.79 Å². The number of primary amides is 1. The van der Waals surface area contributed by atoms with Crippen LogP contribution in [0.15, 0.2) is 12.4 Å². The van der Waals surface area contributed by atoms with Crippen LogP contribution in [-0.4, -0.2) is 67.4 Å². The van der Waals surface area contributed by atoms with Crippen LogP contribution in [0.5, 0.6) is 0 Å². The molecule has 2 heterocycles. The summed E-state index contributed by atoms with van der Waals surface area (Å²) in [5, 5.41) is 38.2. The molecule has 2 rings (SSSR count). The zero-order valence-electron chi connectivity index (χ0n) is 13.3. The summed E-state index contributed by atoms with van der Waals surface area (Å²) in [5.41, 5.74) is 5.65. The van der Waals surface area contributed by atoms with Crippen LogP contribution in [0.25, 0.3) is 6.08 Å². The average Bonchev–Trinajstić information content (AvgIpc) is 3.08. The molecule has 9 heteroatoms. The minimum Gasteiger partial charge on any atom is -0.396 e. The highest BCUT2D eigenvalue weighted by Crippen LogP contribution is 2.31. The topological polar surface area (TPSA) is 151 Å². The van der Waals surface area contributed by atoms with Gasteiger partial charge in [-0.05, 0) is 18.4 Å². The quantitative estimate of drug-likeness (QED) is 0.410. The molecule has 1 aromatic rings. The minimum absolute atomic E-state index is 0.000173. The van der Waals surface area contributed by atoms with E-state index in [4.69, 9.17) is 15.6 Å². The number of amides is 1. The maximum atomic E-state index is 11.6. The molecule has 6 N–H and O–H groups in total. The molecule has 1 unspecified atom stereocenters. The van der Waals surface area contributed by atoms with Crippen molar-refractivity contribution in [1.29, 1.82) is 0 Å². The second kappa shape index (κ2) is 7.86. The number of nitrogens with two attached hydrogens (primary N) is 1. The molecule has 0 radical (unpaired) electrons. The van der Waals surface area contributed by atoms with E-state index < -0.39 is 37.1 Å². The highest BCUT2D eigenvalue weighted by atomic mass is 16.6. The standard InChI is InChI=1S/C15H23N3O6/c1-8(4-5-19)2-3-9-11(14(16)23)17-7-18(9)15-13(22)12(21)10(6-20)24-15/h2-3,7-8,10,12-13,15,19-22H,4-6H2,1H3,(H2,16,23)/b3-2+/t8?,10-,12-,13-,15-/m1/s1. The highest BCUT2D eigenvalue weighted by molar-refractivity contribution is 5.94. The summed E-state index contributed by atoms with van der Waals surface area (Å²) in [6.07, 6.45) is 0.727. The summed E-state index contributed by atoms with van der Waals surface area (Å²) >= 11 is 0. The van der Waals surface area contributed by atoms with Crippen LogP contribution < -0.4 is 5.73 Å². The van der Waals surface area contributed by atoms with Gasteiger partial charge >= 0.3 is 0 Å². The van der Waals surface area contributed by atoms with Crippen LogP contribution in [0.2, 0.25) is 0 Å². The molecule has 0 bridgehead atoms. The van der Waals surface area contributed by atoms with E-state index in [1.165, 1.54) is 10.9 Å². The molecule has 1 aromatic heterocycles. The van der Waals surface area contributed by atoms with Crippen molar-refractivity contribution in [3.05, 3.63) is 23.8 Å². The summed E-state index contributed by atoms with van der Waals surface area (Å²) in [5.74, 6) is -0.695. The average molecular weight is 341 g/mol. The van der Waals surface area contributed by atoms with Gasteiger partial charge in [0, 0.05) is 6.61 Å². The number of allylic oxidation sites excluding steroid dienone is 1. The van der Waals surface area contributed by atoms with Gasteiger partial charge in [0.25, 0.3) is 5.91 Å². The lowest BCUT2D eigenvalue weighted by molar-refractivity contribution is -0.0530. The number of nitrogens with zero attached hydrogens (tertiary/aromatic N) is 2. The van der Waals surface area contributed by atoms with Crippen LogP contribution in [0.1, 0.15) is 35.8 Å². The van der Waals surface area contributed by atoms with E-state index in [2.05, 4.69) is 4.98 Å². The number of carbonyl (C=O) groups is 1. The smallest absolute Gasteiger partial charge is 0.269 e. The third kappa shape index (κ3) is 3.65. The largest absolute Gasteiger partial charge is 0.396 e. The molecule has 1 saturated heterocycles. The Labute approximate surface area is 139 Å². The van der Waals surface area contributed by atoms with Crippen molar-refractivity contribution in [3.8, 4) is 0 Å². The second-order valence-corrected chi connectivity index (χ2v) is 5.83. The van der Waals surface area contributed by atoms with Gasteiger partial charge in [0.2, 0.25) is 0 Å². The molecule has 134 valence electrons. The van der Waals surface area contributed by atoms with Gasteiger partial charge in [-0.25, -0.2) is 4.98 Å². The lowest BCUT2D eigenvalue weighted by Crippen LogP contribution is -2.33. The lowest BCUT2D eigenvalue weighted by Gasteiger charge is -2.18. The number of aliphatic hydroxyl groups excluding tert-OH is 4. The van der Waals surface area contributed by atoms with Crippen LogP contribution in [0.3, 0.4) is 0 Å². The number of aliphatic hydroxyl groups is 4. The fourth-order valence-corrected chi connectivity index (χ4v) is 2.59. The van der Waals surface area contributed by atoms with Crippen LogP contribution in [0.4, 0.5) is 0 Å². The van der Waals surface area contributed by atoms with Crippen LogP contribution in [0, 0.1) is 5.92 Å². The molecule has 1 fully saturated rings. The van der Waals surface area contributed by atoms with E-state index in [0.717, 1.165) is 0 Å². The molecule has 0 spiro atoms. The molecule has 9 nitrogen and oxygen atoms in total. The summed E-state index contributed by atoms with van der Waals surface area (Å²) in [7, 11) is 0. The van der Waals surface area contributed by atoms with Crippen LogP contribution in [-0.2, 0) is 4.74 Å². The van der Waals surface area contributed by atoms with E-state index in [1.54, 1.807) is 12.2 Å². The maximum absolute atomic E-state index is 11.6. The molecule has 1 aliphatic rings. The van der Waals surface area contributed by atoms with Crippen LogP contribution >= 0.6 is 0 Å². The Hall–Kier alpha value is -1.78. The monoisotopic (exact) mass is 341 g/mol. The van der Waals surface area contributed by atoms with E-state index in [0.29, 0.717) is 12.1 Å². The number of aromatic nitrogens is 2. The molecule has 0 aromatic carbocycles. The van der Waals surface area contributed by atoms with E-state index in [-0.39, 0.29) is 18.2 Å². The third-order valence-corrected chi connectivity index (χ3v) is 4.02. The second-order valence-electron chi connectivity index (χ2n) is 5.83. The number of hydrogen-bond donors (Lipinski definition) is 5. The Morgan fingerprint density at radius 3 is 2.71 bits per heavy atom. The first-order valence-corrected chi connectivity index (χ1v) is 7.68. The van der Waals surface area contributed by atoms with Crippen molar-refractivity contribution in [2.75, 3.05) is 13.2 Å². The van der Waals surface area contributed by atoms with Gasteiger partial charge in [-0.15, -0.1) is 0 Å². The van der Waals surface area contributed by atoms with E-state index in [9.17, 15) is 20.1 Å². The lowest BCUT2D eigenvalue weighted by atomic mass is 10.1. The summed E-state index contributed by atoms with van der Waals surface area (Å²) < 4.78 is 6.85. The van der Waals surface area contributed by atoms with Gasteiger partial charge < -0.3 is 35.5 Å². The molecule has 1 aliphatic heterocycles. The fourth-order valence-electron chi connectivity index (χ4n) is 2.59. The number of rotatable bonds is 7. The van der Waals surface area contributed by atoms with Crippen molar-refractivity contribution < 1.29 is 30.0 Å². The van der Waals surface area contributed by atoms with Crippen molar-refractivity contribution >= 4 is 12.0 Å². The predicted molar refractivity (Wildman–Crippen MR) is 83.7 cm³/mol. The van der Waals surface area contributed by atoms with E-state index in [1.807, 2.05) is 6.92 Å².